The zero-order chi connectivity index (χ0) is 11.3. The molecule has 0 bridgehead atoms. The van der Waals surface area contributed by atoms with E-state index in [-0.39, 0.29) is 6.29 Å². The van der Waals surface area contributed by atoms with Gasteiger partial charge in [-0.15, -0.1) is 0 Å². The number of hydrogen-bond donors (Lipinski definition) is 3. The molecule has 0 fully saturated rings. The van der Waals surface area contributed by atoms with Crippen molar-refractivity contribution < 1.29 is 29.6 Å². The van der Waals surface area contributed by atoms with Gasteiger partial charge in [-0.05, 0) is 6.92 Å². The average molecular weight is 206 g/mol. The first-order chi connectivity index (χ1) is 6.40. The van der Waals surface area contributed by atoms with E-state index in [1.807, 2.05) is 0 Å². The van der Waals surface area contributed by atoms with Crippen LogP contribution in [0.3, 0.4) is 0 Å². The van der Waals surface area contributed by atoms with Crippen LogP contribution in [0.1, 0.15) is 13.8 Å². The molecule has 4 atom stereocenters. The second-order valence-corrected chi connectivity index (χ2v) is 2.93. The molecule has 0 aromatic carbocycles. The van der Waals surface area contributed by atoms with Crippen molar-refractivity contribution in [3.05, 3.63) is 0 Å². The molecule has 0 aliphatic heterocycles. The Bertz CT molecular complexity index is 202. The van der Waals surface area contributed by atoms with Gasteiger partial charge in [-0.1, -0.05) is 0 Å². The van der Waals surface area contributed by atoms with Crippen LogP contribution in [0, 0.1) is 0 Å². The van der Waals surface area contributed by atoms with Gasteiger partial charge in [-0.2, -0.15) is 0 Å². The molecule has 0 radical (unpaired) electrons. The van der Waals surface area contributed by atoms with E-state index in [4.69, 9.17) is 10.2 Å². The summed E-state index contributed by atoms with van der Waals surface area (Å²) in [6.07, 6.45) is -5.70. The molecule has 0 aromatic heterocycles. The summed E-state index contributed by atoms with van der Waals surface area (Å²) in [7, 11) is 0. The van der Waals surface area contributed by atoms with Crippen LogP contribution in [-0.2, 0) is 14.3 Å². The molecule has 0 aliphatic rings. The first-order valence-electron chi connectivity index (χ1n) is 4.06. The molecule has 0 aromatic rings. The standard InChI is InChI=1S/C8H14O6/c1-4(10)8(14-5(2)11)7(13)6(12)3-9/h3-4,6-8,10,12-13H,1-2H3/t4-,6+,7-,8-/m1/s1. The van der Waals surface area contributed by atoms with Gasteiger partial charge in [0.25, 0.3) is 0 Å². The summed E-state index contributed by atoms with van der Waals surface area (Å²) >= 11 is 0. The largest absolute Gasteiger partial charge is 0.457 e. The summed E-state index contributed by atoms with van der Waals surface area (Å²) in [5.74, 6) is -0.715. The summed E-state index contributed by atoms with van der Waals surface area (Å²) in [4.78, 5) is 20.7. The van der Waals surface area contributed by atoms with E-state index in [9.17, 15) is 14.7 Å². The van der Waals surface area contributed by atoms with Crippen LogP contribution < -0.4 is 0 Å². The summed E-state index contributed by atoms with van der Waals surface area (Å²) in [6, 6.07) is 0. The highest BCUT2D eigenvalue weighted by atomic mass is 16.6. The Kier molecular flexibility index (Phi) is 5.29. The van der Waals surface area contributed by atoms with Gasteiger partial charge in [0.05, 0.1) is 6.10 Å². The molecular weight excluding hydrogens is 192 g/mol. The summed E-state index contributed by atoms with van der Waals surface area (Å²) in [6.45, 7) is 2.36. The fraction of sp³-hybridized carbons (Fsp3) is 0.750. The fourth-order valence-corrected chi connectivity index (χ4v) is 0.920. The van der Waals surface area contributed by atoms with Crippen LogP contribution in [0.5, 0.6) is 0 Å². The van der Waals surface area contributed by atoms with Crippen LogP contribution in [0.2, 0.25) is 0 Å². The Balaban J connectivity index is 4.47. The van der Waals surface area contributed by atoms with Gasteiger partial charge in [-0.25, -0.2) is 0 Å². The van der Waals surface area contributed by atoms with Gasteiger partial charge in [0.2, 0.25) is 0 Å². The first kappa shape index (κ1) is 13.0. The molecular formula is C8H14O6. The smallest absolute Gasteiger partial charge is 0.303 e. The average Bonchev–Trinajstić information content (AvgIpc) is 2.11. The van der Waals surface area contributed by atoms with Crippen molar-refractivity contribution in [2.75, 3.05) is 0 Å². The van der Waals surface area contributed by atoms with E-state index in [1.54, 1.807) is 0 Å². The molecule has 82 valence electrons. The number of hydrogen-bond acceptors (Lipinski definition) is 6. The molecule has 0 saturated heterocycles. The van der Waals surface area contributed by atoms with E-state index in [2.05, 4.69) is 4.74 Å². The minimum atomic E-state index is -1.69. The van der Waals surface area contributed by atoms with Crippen molar-refractivity contribution in [3.63, 3.8) is 0 Å². The predicted molar refractivity (Wildman–Crippen MR) is 45.3 cm³/mol. The summed E-state index contributed by atoms with van der Waals surface area (Å²) in [5.41, 5.74) is 0. The van der Waals surface area contributed by atoms with Crippen molar-refractivity contribution in [1.82, 2.24) is 0 Å². The number of carbonyl (C=O) groups excluding carboxylic acids is 2. The molecule has 14 heavy (non-hydrogen) atoms. The van der Waals surface area contributed by atoms with Gasteiger partial charge >= 0.3 is 5.97 Å². The third-order valence-electron chi connectivity index (χ3n) is 1.60. The van der Waals surface area contributed by atoms with E-state index in [1.165, 1.54) is 6.92 Å². The second kappa shape index (κ2) is 5.69. The Labute approximate surface area is 81.1 Å². The summed E-state index contributed by atoms with van der Waals surface area (Å²) < 4.78 is 4.54. The topological polar surface area (TPSA) is 104 Å². The lowest BCUT2D eigenvalue weighted by Crippen LogP contribution is -2.46. The molecule has 0 rings (SSSR count). The third-order valence-corrected chi connectivity index (χ3v) is 1.60. The molecule has 0 heterocycles. The Morgan fingerprint density at radius 1 is 1.36 bits per heavy atom. The Morgan fingerprint density at radius 2 is 1.86 bits per heavy atom. The molecule has 0 aliphatic carbocycles. The van der Waals surface area contributed by atoms with Gasteiger partial charge in [-0.3, -0.25) is 4.79 Å². The number of aliphatic hydroxyl groups is 3. The molecule has 0 spiro atoms. The number of aldehydes is 1. The molecule has 0 amide bonds. The minimum absolute atomic E-state index is 0.101. The van der Waals surface area contributed by atoms with Crippen molar-refractivity contribution in [2.24, 2.45) is 0 Å². The monoisotopic (exact) mass is 206 g/mol. The molecule has 3 N–H and O–H groups in total. The van der Waals surface area contributed by atoms with E-state index in [0.717, 1.165) is 6.92 Å². The lowest BCUT2D eigenvalue weighted by atomic mass is 10.0. The van der Waals surface area contributed by atoms with Gasteiger partial charge in [0, 0.05) is 6.92 Å². The van der Waals surface area contributed by atoms with Crippen LogP contribution in [0.4, 0.5) is 0 Å². The third kappa shape index (κ3) is 3.82. The molecule has 6 nitrogen and oxygen atoms in total. The maximum atomic E-state index is 10.6. The van der Waals surface area contributed by atoms with Crippen LogP contribution in [0.25, 0.3) is 0 Å². The van der Waals surface area contributed by atoms with Gasteiger partial charge in [0.1, 0.15) is 12.2 Å². The van der Waals surface area contributed by atoms with E-state index in [0.29, 0.717) is 0 Å². The maximum Gasteiger partial charge on any atom is 0.303 e. The minimum Gasteiger partial charge on any atom is -0.457 e. The second-order valence-electron chi connectivity index (χ2n) is 2.93. The van der Waals surface area contributed by atoms with Gasteiger partial charge < -0.3 is 24.9 Å². The van der Waals surface area contributed by atoms with Crippen LogP contribution in [-0.4, -0.2) is 52.0 Å². The molecule has 0 saturated carbocycles. The van der Waals surface area contributed by atoms with E-state index >= 15 is 0 Å². The van der Waals surface area contributed by atoms with Crippen molar-refractivity contribution in [3.8, 4) is 0 Å². The first-order valence-corrected chi connectivity index (χ1v) is 4.06. The van der Waals surface area contributed by atoms with Crippen molar-refractivity contribution >= 4 is 12.3 Å². The zero-order valence-corrected chi connectivity index (χ0v) is 7.95. The number of carbonyl (C=O) groups is 2. The normalized spacial score (nSPS) is 19.2. The molecule has 6 heteroatoms. The number of aliphatic hydroxyl groups excluding tert-OH is 3. The number of rotatable bonds is 5. The van der Waals surface area contributed by atoms with Gasteiger partial charge in [0.15, 0.2) is 12.4 Å². The SMILES string of the molecule is CC(=O)O[C@@H]([C@H](O)[C@@H](O)C=O)[C@@H](C)O. The Hall–Kier alpha value is -0.980. The maximum absolute atomic E-state index is 10.6. The lowest BCUT2D eigenvalue weighted by molar-refractivity contribution is -0.169. The van der Waals surface area contributed by atoms with Crippen molar-refractivity contribution in [1.29, 1.82) is 0 Å². The van der Waals surface area contributed by atoms with Crippen LogP contribution in [0.15, 0.2) is 0 Å². The zero-order valence-electron chi connectivity index (χ0n) is 7.95. The highest BCUT2D eigenvalue weighted by Crippen LogP contribution is 2.08. The highest BCUT2D eigenvalue weighted by Gasteiger charge is 2.32. The Morgan fingerprint density at radius 3 is 2.14 bits per heavy atom. The quantitative estimate of drug-likeness (QED) is 0.363. The fourth-order valence-electron chi connectivity index (χ4n) is 0.920. The summed E-state index contributed by atoms with van der Waals surface area (Å²) in [5, 5.41) is 27.3. The number of ether oxygens (including phenoxy) is 1. The van der Waals surface area contributed by atoms with E-state index < -0.39 is 30.4 Å². The molecule has 0 unspecified atom stereocenters. The van der Waals surface area contributed by atoms with Crippen LogP contribution >= 0.6 is 0 Å². The number of esters is 1. The highest BCUT2D eigenvalue weighted by molar-refractivity contribution is 5.66. The lowest BCUT2D eigenvalue weighted by Gasteiger charge is -2.25. The van der Waals surface area contributed by atoms with Crippen molar-refractivity contribution in [2.45, 2.75) is 38.3 Å². The predicted octanol–water partition coefficient (Wildman–Crippen LogP) is -1.78.